The van der Waals surface area contributed by atoms with Gasteiger partial charge in [0.15, 0.2) is 9.84 Å². The van der Waals surface area contributed by atoms with Gasteiger partial charge in [-0.1, -0.05) is 0 Å². The molecule has 0 saturated heterocycles. The molecule has 124 valence electrons. The van der Waals surface area contributed by atoms with Gasteiger partial charge in [-0.2, -0.15) is 0 Å². The molecule has 4 nitrogen and oxygen atoms in total. The number of hydrogen-bond donors (Lipinski definition) is 1. The molecule has 0 radical (unpaired) electrons. The number of sulfone groups is 1. The molecule has 0 saturated carbocycles. The maximum Gasteiger partial charge on any atom is 0.175 e. The van der Waals surface area contributed by atoms with E-state index in [-0.39, 0.29) is 1.43 Å². The number of benzene rings is 1. The summed E-state index contributed by atoms with van der Waals surface area (Å²) in [6.07, 6.45) is 4.15. The molecule has 0 unspecified atom stereocenters. The standard InChI is InChI=1S/C17H26N2O2S.H2/c1-12(2)19(13(3)4)9-8-14-11-18-17-7-6-15(10-16(14)17)22(5,20)21;/h6-7,10-13,18H,8-9H2,1-5H3;1H. The minimum absolute atomic E-state index is 0. The Kier molecular flexibility index (Phi) is 4.97. The van der Waals surface area contributed by atoms with Crippen LogP contribution in [0.25, 0.3) is 10.9 Å². The first kappa shape index (κ1) is 17.0. The van der Waals surface area contributed by atoms with Gasteiger partial charge >= 0.3 is 0 Å². The van der Waals surface area contributed by atoms with E-state index in [2.05, 4.69) is 37.6 Å². The van der Waals surface area contributed by atoms with Crippen LogP contribution in [-0.4, -0.2) is 43.2 Å². The predicted molar refractivity (Wildman–Crippen MR) is 94.2 cm³/mol. The van der Waals surface area contributed by atoms with Crippen LogP contribution >= 0.6 is 0 Å². The molecule has 0 amide bonds. The van der Waals surface area contributed by atoms with E-state index < -0.39 is 9.84 Å². The quantitative estimate of drug-likeness (QED) is 0.885. The molecule has 2 rings (SSSR count). The number of H-pyrrole nitrogens is 1. The summed E-state index contributed by atoms with van der Waals surface area (Å²) in [5.41, 5.74) is 2.16. The molecule has 0 bridgehead atoms. The van der Waals surface area contributed by atoms with E-state index in [0.29, 0.717) is 17.0 Å². The molecule has 1 aromatic carbocycles. The Bertz CT molecular complexity index is 743. The normalized spacial score (nSPS) is 12.9. The average molecular weight is 324 g/mol. The molecule has 22 heavy (non-hydrogen) atoms. The summed E-state index contributed by atoms with van der Waals surface area (Å²) in [5.74, 6) is 0. The number of nitrogens with zero attached hydrogens (tertiary/aromatic N) is 1. The lowest BCUT2D eigenvalue weighted by Gasteiger charge is -2.30. The minimum atomic E-state index is -3.17. The van der Waals surface area contributed by atoms with Crippen LogP contribution in [0.3, 0.4) is 0 Å². The molecule has 2 aromatic rings. The molecular weight excluding hydrogens is 296 g/mol. The SMILES string of the molecule is CC(C)N(CCc1c[nH]c2ccc(S(C)(=O)=O)cc12)C(C)C.[HH]. The molecule has 1 heterocycles. The fourth-order valence-electron chi connectivity index (χ4n) is 2.96. The van der Waals surface area contributed by atoms with E-state index in [4.69, 9.17) is 0 Å². The van der Waals surface area contributed by atoms with Gasteiger partial charge in [0.05, 0.1) is 4.90 Å². The first-order chi connectivity index (χ1) is 10.2. The molecule has 0 spiro atoms. The van der Waals surface area contributed by atoms with Gasteiger partial charge in [0.2, 0.25) is 0 Å². The van der Waals surface area contributed by atoms with Gasteiger partial charge < -0.3 is 4.98 Å². The Hall–Kier alpha value is -1.33. The highest BCUT2D eigenvalue weighted by molar-refractivity contribution is 7.90. The van der Waals surface area contributed by atoms with Crippen molar-refractivity contribution in [3.8, 4) is 0 Å². The van der Waals surface area contributed by atoms with E-state index in [9.17, 15) is 8.42 Å². The first-order valence-corrected chi connectivity index (χ1v) is 9.65. The zero-order valence-electron chi connectivity index (χ0n) is 14.1. The predicted octanol–water partition coefficient (Wildman–Crippen LogP) is 3.48. The van der Waals surface area contributed by atoms with Crippen molar-refractivity contribution < 1.29 is 9.84 Å². The van der Waals surface area contributed by atoms with Crippen LogP contribution in [0.1, 0.15) is 34.7 Å². The topological polar surface area (TPSA) is 53.2 Å². The van der Waals surface area contributed by atoms with Crippen LogP contribution in [0, 0.1) is 0 Å². The highest BCUT2D eigenvalue weighted by Crippen LogP contribution is 2.23. The van der Waals surface area contributed by atoms with Gasteiger partial charge in [-0.15, -0.1) is 0 Å². The smallest absolute Gasteiger partial charge is 0.175 e. The van der Waals surface area contributed by atoms with Crippen LogP contribution in [0.15, 0.2) is 29.3 Å². The molecule has 0 aliphatic carbocycles. The van der Waals surface area contributed by atoms with Crippen molar-refractivity contribution in [3.05, 3.63) is 30.0 Å². The van der Waals surface area contributed by atoms with Crippen molar-refractivity contribution in [1.29, 1.82) is 0 Å². The summed E-state index contributed by atoms with van der Waals surface area (Å²) in [6, 6.07) is 6.28. The van der Waals surface area contributed by atoms with Crippen LogP contribution in [-0.2, 0) is 16.3 Å². The highest BCUT2D eigenvalue weighted by Gasteiger charge is 2.15. The largest absolute Gasteiger partial charge is 0.361 e. The van der Waals surface area contributed by atoms with Gasteiger partial charge in [-0.25, -0.2) is 8.42 Å². The Balaban J connectivity index is 0.00000264. The van der Waals surface area contributed by atoms with Crippen molar-refractivity contribution in [3.63, 3.8) is 0 Å². The first-order valence-electron chi connectivity index (χ1n) is 7.76. The number of aromatic amines is 1. The van der Waals surface area contributed by atoms with Gasteiger partial charge in [0.25, 0.3) is 0 Å². The molecule has 1 N–H and O–H groups in total. The summed E-state index contributed by atoms with van der Waals surface area (Å²) >= 11 is 0. The van der Waals surface area contributed by atoms with Gasteiger partial charge in [0.1, 0.15) is 0 Å². The Morgan fingerprint density at radius 1 is 1.18 bits per heavy atom. The minimum Gasteiger partial charge on any atom is -0.361 e. The van der Waals surface area contributed by atoms with Crippen LogP contribution in [0.2, 0.25) is 0 Å². The monoisotopic (exact) mass is 324 g/mol. The molecule has 0 aliphatic heterocycles. The lowest BCUT2D eigenvalue weighted by Crippen LogP contribution is -2.38. The number of nitrogens with one attached hydrogen (secondary N) is 1. The second-order valence-corrected chi connectivity index (χ2v) is 8.48. The van der Waals surface area contributed by atoms with Crippen molar-refractivity contribution >= 4 is 20.7 Å². The zero-order valence-corrected chi connectivity index (χ0v) is 14.9. The van der Waals surface area contributed by atoms with E-state index in [0.717, 1.165) is 23.9 Å². The second kappa shape index (κ2) is 6.42. The number of aromatic nitrogens is 1. The third kappa shape index (κ3) is 3.70. The van der Waals surface area contributed by atoms with Crippen LogP contribution < -0.4 is 0 Å². The number of fused-ring (bicyclic) bond motifs is 1. The van der Waals surface area contributed by atoms with Gasteiger partial charge in [0, 0.05) is 43.4 Å². The molecule has 5 heteroatoms. The summed E-state index contributed by atoms with van der Waals surface area (Å²) in [5, 5.41) is 1.01. The summed E-state index contributed by atoms with van der Waals surface area (Å²) in [6.45, 7) is 9.79. The molecule has 0 fully saturated rings. The van der Waals surface area contributed by atoms with Gasteiger partial charge in [-0.05, 0) is 57.9 Å². The second-order valence-electron chi connectivity index (χ2n) is 6.47. The number of hydrogen-bond acceptors (Lipinski definition) is 3. The van der Waals surface area contributed by atoms with Crippen molar-refractivity contribution in [2.45, 2.75) is 51.1 Å². The summed E-state index contributed by atoms with van der Waals surface area (Å²) in [4.78, 5) is 6.06. The average Bonchev–Trinajstić information content (AvgIpc) is 2.79. The molecule has 1 aromatic heterocycles. The Morgan fingerprint density at radius 2 is 1.82 bits per heavy atom. The lowest BCUT2D eigenvalue weighted by molar-refractivity contribution is 0.177. The fraction of sp³-hybridized carbons (Fsp3) is 0.529. The maximum atomic E-state index is 11.7. The van der Waals surface area contributed by atoms with E-state index >= 15 is 0 Å². The van der Waals surface area contributed by atoms with Crippen LogP contribution in [0.5, 0.6) is 0 Å². The third-order valence-corrected chi connectivity index (χ3v) is 5.24. The van der Waals surface area contributed by atoms with E-state index in [1.54, 1.807) is 12.1 Å². The Labute approximate surface area is 134 Å². The van der Waals surface area contributed by atoms with E-state index in [1.807, 2.05) is 12.3 Å². The molecule has 0 atom stereocenters. The van der Waals surface area contributed by atoms with Crippen molar-refractivity contribution in [2.75, 3.05) is 12.8 Å². The maximum absolute atomic E-state index is 11.7. The summed E-state index contributed by atoms with van der Waals surface area (Å²) < 4.78 is 23.5. The zero-order chi connectivity index (χ0) is 16.5. The van der Waals surface area contributed by atoms with Gasteiger partial charge in [-0.3, -0.25) is 4.90 Å². The summed E-state index contributed by atoms with van der Waals surface area (Å²) in [7, 11) is -3.17. The lowest BCUT2D eigenvalue weighted by atomic mass is 10.1. The Morgan fingerprint density at radius 3 is 2.36 bits per heavy atom. The van der Waals surface area contributed by atoms with Crippen molar-refractivity contribution in [1.82, 2.24) is 9.88 Å². The fourth-order valence-corrected chi connectivity index (χ4v) is 3.60. The molecule has 0 aliphatic rings. The highest BCUT2D eigenvalue weighted by atomic mass is 32.2. The van der Waals surface area contributed by atoms with Crippen LogP contribution in [0.4, 0.5) is 0 Å². The molecular formula is C17H28N2O2S. The number of rotatable bonds is 6. The third-order valence-electron chi connectivity index (χ3n) is 4.13. The van der Waals surface area contributed by atoms with Crippen molar-refractivity contribution in [2.24, 2.45) is 0 Å². The van der Waals surface area contributed by atoms with E-state index in [1.165, 1.54) is 11.8 Å².